The summed E-state index contributed by atoms with van der Waals surface area (Å²) in [5.41, 5.74) is 0.968. The highest BCUT2D eigenvalue weighted by molar-refractivity contribution is 7.15. The van der Waals surface area contributed by atoms with E-state index in [9.17, 15) is 4.79 Å². The number of nitrogens with zero attached hydrogens (tertiary/aromatic N) is 2. The monoisotopic (exact) mass is 364 g/mol. The molecule has 0 saturated heterocycles. The highest BCUT2D eigenvalue weighted by atomic mass is 35.5. The molecule has 116 valence electrons. The first kappa shape index (κ1) is 15.9. The van der Waals surface area contributed by atoms with Crippen LogP contribution < -0.4 is 4.74 Å². The Bertz CT molecular complexity index is 866. The zero-order valence-corrected chi connectivity index (χ0v) is 14.2. The summed E-state index contributed by atoms with van der Waals surface area (Å²) >= 11 is 13.2. The number of pyridine rings is 1. The molecule has 0 aliphatic rings. The molecule has 0 bridgehead atoms. The molecule has 0 atom stereocenters. The average Bonchev–Trinajstić information content (AvgIpc) is 2.89. The molecule has 23 heavy (non-hydrogen) atoms. The van der Waals surface area contributed by atoms with Gasteiger partial charge in [0.15, 0.2) is 0 Å². The van der Waals surface area contributed by atoms with Crippen LogP contribution in [0.15, 0.2) is 42.6 Å². The summed E-state index contributed by atoms with van der Waals surface area (Å²) in [6, 6.07) is 10.1. The molecular weight excluding hydrogens is 355 g/mol. The standard InChI is InChI=1S/C16H10Cl2N2O2S/c1-9-14(20-15(23-9)13-4-2-3-7-19-13)22-16(21)11-6-5-10(17)8-12(11)18/h2-8H,1H3. The van der Waals surface area contributed by atoms with Crippen LogP contribution in [0, 0.1) is 6.92 Å². The Labute approximate surface area is 146 Å². The molecule has 0 amide bonds. The SMILES string of the molecule is Cc1sc(-c2ccccn2)nc1OC(=O)c1ccc(Cl)cc1Cl. The summed E-state index contributed by atoms with van der Waals surface area (Å²) in [4.78, 5) is 21.6. The first-order valence-electron chi connectivity index (χ1n) is 6.60. The third-order valence-corrected chi connectivity index (χ3v) is 4.50. The summed E-state index contributed by atoms with van der Waals surface area (Å²) in [5, 5.41) is 1.38. The molecule has 0 fully saturated rings. The second kappa shape index (κ2) is 6.66. The summed E-state index contributed by atoms with van der Waals surface area (Å²) in [6.45, 7) is 1.83. The molecule has 0 aliphatic heterocycles. The van der Waals surface area contributed by atoms with Crippen LogP contribution in [0.3, 0.4) is 0 Å². The number of carbonyl (C=O) groups is 1. The number of benzene rings is 1. The van der Waals surface area contributed by atoms with Gasteiger partial charge in [-0.1, -0.05) is 29.3 Å². The van der Waals surface area contributed by atoms with Gasteiger partial charge in [0.2, 0.25) is 5.88 Å². The molecule has 0 radical (unpaired) electrons. The first-order valence-corrected chi connectivity index (χ1v) is 8.18. The predicted octanol–water partition coefficient (Wildman–Crippen LogP) is 5.04. The second-order valence-corrected chi connectivity index (χ2v) is 6.66. The van der Waals surface area contributed by atoms with Crippen LogP contribution >= 0.6 is 34.5 Å². The van der Waals surface area contributed by atoms with E-state index in [1.165, 1.54) is 23.5 Å². The average molecular weight is 365 g/mol. The van der Waals surface area contributed by atoms with Crippen LogP contribution in [0.2, 0.25) is 10.0 Å². The van der Waals surface area contributed by atoms with Gasteiger partial charge in [-0.3, -0.25) is 4.98 Å². The molecule has 4 nitrogen and oxygen atoms in total. The summed E-state index contributed by atoms with van der Waals surface area (Å²) in [5.74, 6) is -0.320. The number of rotatable bonds is 3. The summed E-state index contributed by atoms with van der Waals surface area (Å²) in [7, 11) is 0. The molecule has 1 aromatic carbocycles. The van der Waals surface area contributed by atoms with E-state index in [2.05, 4.69) is 9.97 Å². The normalized spacial score (nSPS) is 10.6. The minimum Gasteiger partial charge on any atom is -0.403 e. The van der Waals surface area contributed by atoms with Gasteiger partial charge in [-0.2, -0.15) is 4.98 Å². The quantitative estimate of drug-likeness (QED) is 0.610. The van der Waals surface area contributed by atoms with Gasteiger partial charge in [-0.25, -0.2) is 4.79 Å². The Hall–Kier alpha value is -1.95. The fourth-order valence-electron chi connectivity index (χ4n) is 1.87. The Balaban J connectivity index is 1.86. The van der Waals surface area contributed by atoms with E-state index in [1.807, 2.05) is 25.1 Å². The van der Waals surface area contributed by atoms with E-state index in [0.29, 0.717) is 10.0 Å². The van der Waals surface area contributed by atoms with E-state index in [4.69, 9.17) is 27.9 Å². The van der Waals surface area contributed by atoms with Crippen LogP contribution in [-0.4, -0.2) is 15.9 Å². The van der Waals surface area contributed by atoms with E-state index in [-0.39, 0.29) is 16.5 Å². The molecule has 0 aliphatic carbocycles. The number of thiazole rings is 1. The van der Waals surface area contributed by atoms with Crippen molar-refractivity contribution in [3.8, 4) is 16.6 Å². The van der Waals surface area contributed by atoms with E-state index in [0.717, 1.165) is 10.6 Å². The van der Waals surface area contributed by atoms with Crippen molar-refractivity contribution >= 4 is 40.5 Å². The van der Waals surface area contributed by atoms with Gasteiger partial charge in [0.25, 0.3) is 0 Å². The maximum Gasteiger partial charge on any atom is 0.346 e. The lowest BCUT2D eigenvalue weighted by atomic mass is 10.2. The van der Waals surface area contributed by atoms with Gasteiger partial charge in [-0.15, -0.1) is 11.3 Å². The number of esters is 1. The Kier molecular flexibility index (Phi) is 4.61. The maximum absolute atomic E-state index is 12.2. The molecule has 0 saturated carbocycles. The fraction of sp³-hybridized carbons (Fsp3) is 0.0625. The lowest BCUT2D eigenvalue weighted by Gasteiger charge is -2.04. The van der Waals surface area contributed by atoms with Gasteiger partial charge in [0.1, 0.15) is 5.01 Å². The number of ether oxygens (including phenoxy) is 1. The van der Waals surface area contributed by atoms with E-state index >= 15 is 0 Å². The van der Waals surface area contributed by atoms with E-state index < -0.39 is 5.97 Å². The zero-order chi connectivity index (χ0) is 16.4. The lowest BCUT2D eigenvalue weighted by Crippen LogP contribution is -2.10. The number of halogens is 2. The number of carbonyl (C=O) groups excluding carboxylic acids is 1. The lowest BCUT2D eigenvalue weighted by molar-refractivity contribution is 0.0728. The van der Waals surface area contributed by atoms with Crippen LogP contribution in [0.4, 0.5) is 0 Å². The number of aryl methyl sites for hydroxylation is 1. The fourth-order valence-corrected chi connectivity index (χ4v) is 3.18. The van der Waals surface area contributed by atoms with Crippen LogP contribution in [-0.2, 0) is 0 Å². The van der Waals surface area contributed by atoms with Crippen molar-refractivity contribution in [1.82, 2.24) is 9.97 Å². The van der Waals surface area contributed by atoms with Crippen molar-refractivity contribution in [1.29, 1.82) is 0 Å². The van der Waals surface area contributed by atoms with Crippen molar-refractivity contribution in [2.75, 3.05) is 0 Å². The van der Waals surface area contributed by atoms with Crippen LogP contribution in [0.1, 0.15) is 15.2 Å². The largest absolute Gasteiger partial charge is 0.403 e. The van der Waals surface area contributed by atoms with E-state index in [1.54, 1.807) is 12.3 Å². The van der Waals surface area contributed by atoms with Crippen LogP contribution in [0.5, 0.6) is 5.88 Å². The zero-order valence-electron chi connectivity index (χ0n) is 11.9. The minimum absolute atomic E-state index is 0.236. The Morgan fingerprint density at radius 3 is 2.74 bits per heavy atom. The first-order chi connectivity index (χ1) is 11.0. The van der Waals surface area contributed by atoms with Gasteiger partial charge in [-0.05, 0) is 37.3 Å². The van der Waals surface area contributed by atoms with Crippen molar-refractivity contribution in [3.63, 3.8) is 0 Å². The maximum atomic E-state index is 12.2. The highest BCUT2D eigenvalue weighted by Gasteiger charge is 2.18. The molecule has 0 N–H and O–H groups in total. The highest BCUT2D eigenvalue weighted by Crippen LogP contribution is 2.31. The number of aromatic nitrogens is 2. The number of hydrogen-bond acceptors (Lipinski definition) is 5. The topological polar surface area (TPSA) is 52.1 Å². The molecule has 2 heterocycles. The molecule has 3 aromatic rings. The molecule has 7 heteroatoms. The van der Waals surface area contributed by atoms with Gasteiger partial charge < -0.3 is 4.74 Å². The Morgan fingerprint density at radius 2 is 2.04 bits per heavy atom. The molecule has 2 aromatic heterocycles. The minimum atomic E-state index is -0.576. The van der Waals surface area contributed by atoms with Gasteiger partial charge >= 0.3 is 5.97 Å². The third kappa shape index (κ3) is 3.52. The van der Waals surface area contributed by atoms with Gasteiger partial charge in [0.05, 0.1) is 21.2 Å². The van der Waals surface area contributed by atoms with Crippen molar-refractivity contribution in [2.24, 2.45) is 0 Å². The van der Waals surface area contributed by atoms with Crippen molar-refractivity contribution in [2.45, 2.75) is 6.92 Å². The van der Waals surface area contributed by atoms with Crippen molar-refractivity contribution in [3.05, 3.63) is 63.1 Å². The molecule has 3 rings (SSSR count). The van der Waals surface area contributed by atoms with Crippen LogP contribution in [0.25, 0.3) is 10.7 Å². The summed E-state index contributed by atoms with van der Waals surface area (Å²) < 4.78 is 5.36. The van der Waals surface area contributed by atoms with Gasteiger partial charge in [0, 0.05) is 11.2 Å². The summed E-state index contributed by atoms with van der Waals surface area (Å²) in [6.07, 6.45) is 1.69. The molecule has 0 unspecified atom stereocenters. The van der Waals surface area contributed by atoms with Crippen molar-refractivity contribution < 1.29 is 9.53 Å². The molecular formula is C16H10Cl2N2O2S. The smallest absolute Gasteiger partial charge is 0.346 e. The Morgan fingerprint density at radius 1 is 1.22 bits per heavy atom. The predicted molar refractivity (Wildman–Crippen MR) is 91.5 cm³/mol. The molecule has 0 spiro atoms. The second-order valence-electron chi connectivity index (χ2n) is 4.61. The third-order valence-electron chi connectivity index (χ3n) is 2.98. The number of hydrogen-bond donors (Lipinski definition) is 0.